The monoisotopic (exact) mass is 260 g/mol. The molecule has 1 nitrogen and oxygen atoms in total. The van der Waals surface area contributed by atoms with Crippen molar-refractivity contribution < 1.29 is 27.1 Å². The maximum atomic E-state index is 12.3. The predicted octanol–water partition coefficient (Wildman–Crippen LogP) is 3.66. The Morgan fingerprint density at radius 3 is 2.19 bits per heavy atom. The third kappa shape index (κ3) is 2.82. The minimum absolute atomic E-state index is 0.333. The van der Waals surface area contributed by atoms with Crippen LogP contribution in [-0.4, -0.2) is 11.5 Å². The van der Waals surface area contributed by atoms with E-state index in [1.807, 2.05) is 0 Å². The first-order valence-electron chi connectivity index (χ1n) is 4.06. The Labute approximate surface area is 92.5 Å². The van der Waals surface area contributed by atoms with Crippen LogP contribution in [0.1, 0.15) is 17.2 Å². The highest BCUT2D eigenvalue weighted by atomic mass is 35.5. The standard InChI is InChI=1S/C9H6ClF5O/c10-6-2-1-4(9(13,14)15)3-5(6)7(16)8(11)12/h1-3,7-8,16H. The molecule has 1 aromatic carbocycles. The fourth-order valence-corrected chi connectivity index (χ4v) is 1.31. The predicted molar refractivity (Wildman–Crippen MR) is 47.4 cm³/mol. The van der Waals surface area contributed by atoms with Crippen LogP contribution < -0.4 is 0 Å². The van der Waals surface area contributed by atoms with Crippen LogP contribution in [0.25, 0.3) is 0 Å². The summed E-state index contributed by atoms with van der Waals surface area (Å²) in [7, 11) is 0. The molecule has 0 bridgehead atoms. The fourth-order valence-electron chi connectivity index (χ4n) is 1.08. The van der Waals surface area contributed by atoms with Crippen LogP contribution in [-0.2, 0) is 6.18 Å². The molecule has 0 aromatic heterocycles. The second-order valence-electron chi connectivity index (χ2n) is 3.01. The molecular weight excluding hydrogens is 255 g/mol. The maximum absolute atomic E-state index is 12.3. The van der Waals surface area contributed by atoms with Crippen LogP contribution >= 0.6 is 11.6 Å². The summed E-state index contributed by atoms with van der Waals surface area (Å²) in [6.45, 7) is 0. The normalized spacial score (nSPS) is 14.2. The molecule has 1 unspecified atom stereocenters. The zero-order valence-corrected chi connectivity index (χ0v) is 8.36. The molecule has 90 valence electrons. The Kier molecular flexibility index (Phi) is 3.75. The second-order valence-corrected chi connectivity index (χ2v) is 3.42. The molecule has 1 N–H and O–H groups in total. The molecule has 1 aromatic rings. The largest absolute Gasteiger partial charge is 0.416 e. The third-order valence-corrected chi connectivity index (χ3v) is 2.22. The van der Waals surface area contributed by atoms with Gasteiger partial charge in [-0.2, -0.15) is 13.2 Å². The van der Waals surface area contributed by atoms with E-state index in [2.05, 4.69) is 0 Å². The van der Waals surface area contributed by atoms with E-state index in [0.29, 0.717) is 12.1 Å². The van der Waals surface area contributed by atoms with Gasteiger partial charge in [-0.1, -0.05) is 11.6 Å². The van der Waals surface area contributed by atoms with E-state index in [1.54, 1.807) is 0 Å². The van der Waals surface area contributed by atoms with E-state index in [1.165, 1.54) is 0 Å². The molecule has 7 heteroatoms. The Balaban J connectivity index is 3.19. The van der Waals surface area contributed by atoms with Crippen molar-refractivity contribution in [1.29, 1.82) is 0 Å². The van der Waals surface area contributed by atoms with Crippen molar-refractivity contribution in [3.8, 4) is 0 Å². The molecule has 0 amide bonds. The van der Waals surface area contributed by atoms with Gasteiger partial charge in [0.2, 0.25) is 0 Å². The van der Waals surface area contributed by atoms with Crippen LogP contribution in [0.2, 0.25) is 5.02 Å². The van der Waals surface area contributed by atoms with Crippen LogP contribution in [0.3, 0.4) is 0 Å². The molecule has 0 aliphatic carbocycles. The number of alkyl halides is 5. The van der Waals surface area contributed by atoms with Gasteiger partial charge in [-0.25, -0.2) is 8.78 Å². The number of hydrogen-bond acceptors (Lipinski definition) is 1. The summed E-state index contributed by atoms with van der Waals surface area (Å²) in [5.41, 5.74) is -1.77. The first kappa shape index (κ1) is 13.2. The van der Waals surface area contributed by atoms with Crippen molar-refractivity contribution in [3.63, 3.8) is 0 Å². The zero-order valence-electron chi connectivity index (χ0n) is 7.60. The average molecular weight is 261 g/mol. The molecular formula is C9H6ClF5O. The van der Waals surface area contributed by atoms with Crippen LogP contribution in [0.5, 0.6) is 0 Å². The van der Waals surface area contributed by atoms with Crippen molar-refractivity contribution in [2.45, 2.75) is 18.7 Å². The zero-order chi connectivity index (χ0) is 12.5. The highest BCUT2D eigenvalue weighted by Gasteiger charge is 2.32. The summed E-state index contributed by atoms with van der Waals surface area (Å²) >= 11 is 5.42. The summed E-state index contributed by atoms with van der Waals surface area (Å²) in [6, 6.07) is 1.90. The molecule has 0 heterocycles. The van der Waals surface area contributed by atoms with Crippen molar-refractivity contribution >= 4 is 11.6 Å². The molecule has 0 aliphatic heterocycles. The number of hydrogen-bond donors (Lipinski definition) is 1. The maximum Gasteiger partial charge on any atom is 0.416 e. The molecule has 0 spiro atoms. The Bertz CT molecular complexity index is 377. The third-order valence-electron chi connectivity index (χ3n) is 1.88. The first-order valence-corrected chi connectivity index (χ1v) is 4.44. The van der Waals surface area contributed by atoms with Gasteiger partial charge in [0, 0.05) is 10.6 Å². The van der Waals surface area contributed by atoms with Gasteiger partial charge in [-0.05, 0) is 18.2 Å². The fraction of sp³-hybridized carbons (Fsp3) is 0.333. The van der Waals surface area contributed by atoms with Crippen molar-refractivity contribution in [2.75, 3.05) is 0 Å². The molecule has 0 saturated heterocycles. The lowest BCUT2D eigenvalue weighted by Gasteiger charge is -2.14. The first-order chi connectivity index (χ1) is 7.23. The smallest absolute Gasteiger partial charge is 0.382 e. The summed E-state index contributed by atoms with van der Waals surface area (Å²) in [4.78, 5) is 0. The van der Waals surface area contributed by atoms with E-state index < -0.39 is 29.8 Å². The van der Waals surface area contributed by atoms with Crippen molar-refractivity contribution in [2.24, 2.45) is 0 Å². The SMILES string of the molecule is OC(c1cc(C(F)(F)F)ccc1Cl)C(F)F. The highest BCUT2D eigenvalue weighted by Crippen LogP contribution is 2.35. The number of halogens is 6. The number of aliphatic hydroxyl groups excluding tert-OH is 1. The molecule has 0 radical (unpaired) electrons. The van der Waals surface area contributed by atoms with Gasteiger partial charge in [0.05, 0.1) is 5.56 Å². The summed E-state index contributed by atoms with van der Waals surface area (Å²) in [5.74, 6) is 0. The van der Waals surface area contributed by atoms with Gasteiger partial charge in [0.1, 0.15) is 6.10 Å². The highest BCUT2D eigenvalue weighted by molar-refractivity contribution is 6.31. The molecule has 16 heavy (non-hydrogen) atoms. The van der Waals surface area contributed by atoms with E-state index in [9.17, 15) is 22.0 Å². The van der Waals surface area contributed by atoms with Gasteiger partial charge in [0.15, 0.2) is 0 Å². The van der Waals surface area contributed by atoms with Gasteiger partial charge in [-0.15, -0.1) is 0 Å². The van der Waals surface area contributed by atoms with Crippen LogP contribution in [0, 0.1) is 0 Å². The number of benzene rings is 1. The Morgan fingerprint density at radius 2 is 1.75 bits per heavy atom. The van der Waals surface area contributed by atoms with E-state index >= 15 is 0 Å². The molecule has 0 aliphatic rings. The van der Waals surface area contributed by atoms with Crippen molar-refractivity contribution in [3.05, 3.63) is 34.3 Å². The summed E-state index contributed by atoms with van der Waals surface area (Å²) < 4.78 is 61.0. The van der Waals surface area contributed by atoms with Gasteiger partial charge in [0.25, 0.3) is 6.43 Å². The summed E-state index contributed by atoms with van der Waals surface area (Å²) in [6.07, 6.45) is -10.2. The quantitative estimate of drug-likeness (QED) is 0.805. The number of rotatable bonds is 2. The minimum atomic E-state index is -4.67. The van der Waals surface area contributed by atoms with Gasteiger partial charge in [-0.3, -0.25) is 0 Å². The topological polar surface area (TPSA) is 20.2 Å². The minimum Gasteiger partial charge on any atom is -0.382 e. The van der Waals surface area contributed by atoms with Crippen LogP contribution in [0.15, 0.2) is 18.2 Å². The van der Waals surface area contributed by atoms with Gasteiger partial charge >= 0.3 is 6.18 Å². The van der Waals surface area contributed by atoms with E-state index in [0.717, 1.165) is 6.07 Å². The molecule has 0 fully saturated rings. The summed E-state index contributed by atoms with van der Waals surface area (Å²) in [5, 5.41) is 8.63. The molecule has 1 rings (SSSR count). The van der Waals surface area contributed by atoms with Gasteiger partial charge < -0.3 is 5.11 Å². The van der Waals surface area contributed by atoms with Crippen molar-refractivity contribution in [1.82, 2.24) is 0 Å². The lowest BCUT2D eigenvalue weighted by molar-refractivity contribution is -0.137. The van der Waals surface area contributed by atoms with E-state index in [-0.39, 0.29) is 5.02 Å². The number of aliphatic hydroxyl groups is 1. The Hall–Kier alpha value is -0.880. The average Bonchev–Trinajstić information content (AvgIpc) is 2.15. The van der Waals surface area contributed by atoms with E-state index in [4.69, 9.17) is 16.7 Å². The lowest BCUT2D eigenvalue weighted by atomic mass is 10.1. The molecule has 1 atom stereocenters. The second kappa shape index (κ2) is 4.55. The molecule has 0 saturated carbocycles. The Morgan fingerprint density at radius 1 is 1.19 bits per heavy atom. The van der Waals surface area contributed by atoms with Crippen LogP contribution in [0.4, 0.5) is 22.0 Å². The lowest BCUT2D eigenvalue weighted by Crippen LogP contribution is -2.11.